The van der Waals surface area contributed by atoms with E-state index < -0.39 is 10.1 Å². The molecule has 0 aromatic heterocycles. The standard InChI is InChI=1S/C13H10O4S/c14-9-11-4-1-2-7-13(11)10-5-3-6-12(8-10)18(15,16)17/h1-9H,(H,15,16,17). The Morgan fingerprint density at radius 1 is 1.00 bits per heavy atom. The summed E-state index contributed by atoms with van der Waals surface area (Å²) in [6.45, 7) is 0. The van der Waals surface area contributed by atoms with Crippen molar-refractivity contribution >= 4 is 16.4 Å². The van der Waals surface area contributed by atoms with Crippen LogP contribution in [0.2, 0.25) is 0 Å². The van der Waals surface area contributed by atoms with Crippen LogP contribution in [0, 0.1) is 0 Å². The maximum atomic E-state index is 11.1. The van der Waals surface area contributed by atoms with Crippen molar-refractivity contribution < 1.29 is 17.8 Å². The molecule has 0 saturated heterocycles. The van der Waals surface area contributed by atoms with Gasteiger partial charge in [-0.05, 0) is 23.3 Å². The second-order valence-corrected chi connectivity index (χ2v) is 5.13. The molecule has 0 aliphatic heterocycles. The van der Waals surface area contributed by atoms with E-state index in [2.05, 4.69) is 0 Å². The first-order valence-corrected chi connectivity index (χ1v) is 6.58. The van der Waals surface area contributed by atoms with Crippen LogP contribution in [0.5, 0.6) is 0 Å². The molecule has 0 saturated carbocycles. The third-order valence-electron chi connectivity index (χ3n) is 2.53. The van der Waals surface area contributed by atoms with Crippen LogP contribution in [0.15, 0.2) is 53.4 Å². The van der Waals surface area contributed by atoms with Crippen molar-refractivity contribution in [2.24, 2.45) is 0 Å². The van der Waals surface area contributed by atoms with Gasteiger partial charge in [-0.3, -0.25) is 9.35 Å². The predicted octanol–water partition coefficient (Wildman–Crippen LogP) is 2.41. The number of aldehydes is 1. The SMILES string of the molecule is O=Cc1ccccc1-c1cccc(S(=O)(=O)O)c1. The first-order valence-electron chi connectivity index (χ1n) is 5.14. The Bertz CT molecular complexity index is 690. The molecule has 0 fully saturated rings. The molecule has 0 heterocycles. The van der Waals surface area contributed by atoms with E-state index in [0.29, 0.717) is 23.0 Å². The van der Waals surface area contributed by atoms with Gasteiger partial charge in [-0.25, -0.2) is 0 Å². The topological polar surface area (TPSA) is 71.4 Å². The van der Waals surface area contributed by atoms with Crippen molar-refractivity contribution in [3.05, 3.63) is 54.1 Å². The maximum absolute atomic E-state index is 11.1. The smallest absolute Gasteiger partial charge is 0.294 e. The zero-order chi connectivity index (χ0) is 13.2. The van der Waals surface area contributed by atoms with Crippen LogP contribution in [-0.2, 0) is 10.1 Å². The number of benzene rings is 2. The van der Waals surface area contributed by atoms with Gasteiger partial charge in [0.15, 0.2) is 6.29 Å². The van der Waals surface area contributed by atoms with E-state index in [1.54, 1.807) is 30.3 Å². The molecule has 5 heteroatoms. The highest BCUT2D eigenvalue weighted by molar-refractivity contribution is 7.85. The van der Waals surface area contributed by atoms with Crippen LogP contribution in [-0.4, -0.2) is 19.3 Å². The molecule has 18 heavy (non-hydrogen) atoms. The third kappa shape index (κ3) is 2.47. The number of hydrogen-bond acceptors (Lipinski definition) is 3. The van der Waals surface area contributed by atoms with Gasteiger partial charge >= 0.3 is 0 Å². The minimum atomic E-state index is -4.24. The van der Waals surface area contributed by atoms with Crippen molar-refractivity contribution in [1.29, 1.82) is 0 Å². The molecule has 1 N–H and O–H groups in total. The first kappa shape index (κ1) is 12.5. The van der Waals surface area contributed by atoms with Gasteiger partial charge in [0.1, 0.15) is 0 Å². The van der Waals surface area contributed by atoms with E-state index in [9.17, 15) is 13.2 Å². The van der Waals surface area contributed by atoms with Gasteiger partial charge in [0, 0.05) is 5.56 Å². The van der Waals surface area contributed by atoms with Gasteiger partial charge in [-0.1, -0.05) is 36.4 Å². The van der Waals surface area contributed by atoms with Crippen LogP contribution in [0.3, 0.4) is 0 Å². The lowest BCUT2D eigenvalue weighted by molar-refractivity contribution is 0.112. The minimum absolute atomic E-state index is 0.194. The number of hydrogen-bond donors (Lipinski definition) is 1. The van der Waals surface area contributed by atoms with E-state index >= 15 is 0 Å². The monoisotopic (exact) mass is 262 g/mol. The number of carbonyl (C=O) groups excluding carboxylic acids is 1. The normalized spacial score (nSPS) is 11.2. The first-order chi connectivity index (χ1) is 8.52. The lowest BCUT2D eigenvalue weighted by Gasteiger charge is -2.06. The summed E-state index contributed by atoms with van der Waals surface area (Å²) >= 11 is 0. The molecule has 0 spiro atoms. The van der Waals surface area contributed by atoms with Crippen molar-refractivity contribution in [1.82, 2.24) is 0 Å². The Hall–Kier alpha value is -1.98. The molecule has 0 aliphatic rings. The number of rotatable bonds is 3. The van der Waals surface area contributed by atoms with E-state index in [-0.39, 0.29) is 4.90 Å². The van der Waals surface area contributed by atoms with Gasteiger partial charge < -0.3 is 0 Å². The molecule has 4 nitrogen and oxygen atoms in total. The average molecular weight is 262 g/mol. The fraction of sp³-hybridized carbons (Fsp3) is 0. The van der Waals surface area contributed by atoms with E-state index in [4.69, 9.17) is 4.55 Å². The molecular weight excluding hydrogens is 252 g/mol. The Balaban J connectivity index is 2.62. The van der Waals surface area contributed by atoms with Gasteiger partial charge in [0.2, 0.25) is 0 Å². The second-order valence-electron chi connectivity index (χ2n) is 3.71. The van der Waals surface area contributed by atoms with Gasteiger partial charge in [-0.2, -0.15) is 8.42 Å². The lowest BCUT2D eigenvalue weighted by atomic mass is 10.0. The summed E-state index contributed by atoms with van der Waals surface area (Å²) in [6, 6.07) is 12.6. The molecular formula is C13H10O4S. The highest BCUT2D eigenvalue weighted by Gasteiger charge is 2.11. The van der Waals surface area contributed by atoms with E-state index in [1.807, 2.05) is 0 Å². The summed E-state index contributed by atoms with van der Waals surface area (Å²) in [4.78, 5) is 10.7. The Kier molecular flexibility index (Phi) is 3.27. The molecule has 0 radical (unpaired) electrons. The molecule has 0 atom stereocenters. The average Bonchev–Trinajstić information content (AvgIpc) is 2.38. The van der Waals surface area contributed by atoms with Gasteiger partial charge in [-0.15, -0.1) is 0 Å². The van der Waals surface area contributed by atoms with Crippen LogP contribution < -0.4 is 0 Å². The van der Waals surface area contributed by atoms with E-state index in [0.717, 1.165) is 0 Å². The molecule has 2 aromatic rings. The molecule has 2 rings (SSSR count). The van der Waals surface area contributed by atoms with Crippen LogP contribution >= 0.6 is 0 Å². The second kappa shape index (κ2) is 4.72. The van der Waals surface area contributed by atoms with Gasteiger partial charge in [0.05, 0.1) is 4.90 Å². The zero-order valence-electron chi connectivity index (χ0n) is 9.28. The highest BCUT2D eigenvalue weighted by atomic mass is 32.2. The van der Waals surface area contributed by atoms with Crippen LogP contribution in [0.25, 0.3) is 11.1 Å². The number of carbonyl (C=O) groups is 1. The molecule has 0 unspecified atom stereocenters. The van der Waals surface area contributed by atoms with Crippen molar-refractivity contribution in [2.75, 3.05) is 0 Å². The summed E-state index contributed by atoms with van der Waals surface area (Å²) < 4.78 is 31.1. The predicted molar refractivity (Wildman–Crippen MR) is 67.1 cm³/mol. The lowest BCUT2D eigenvalue weighted by Crippen LogP contribution is -1.98. The molecule has 0 bridgehead atoms. The Labute approximate surface area is 105 Å². The maximum Gasteiger partial charge on any atom is 0.294 e. The summed E-state index contributed by atoms with van der Waals surface area (Å²) in [5.41, 5.74) is 1.65. The van der Waals surface area contributed by atoms with Crippen molar-refractivity contribution in [3.8, 4) is 11.1 Å². The summed E-state index contributed by atoms with van der Waals surface area (Å²) in [5, 5.41) is 0. The van der Waals surface area contributed by atoms with Crippen LogP contribution in [0.4, 0.5) is 0 Å². The molecule has 0 amide bonds. The molecule has 0 aliphatic carbocycles. The minimum Gasteiger partial charge on any atom is -0.298 e. The largest absolute Gasteiger partial charge is 0.298 e. The molecule has 92 valence electrons. The quantitative estimate of drug-likeness (QED) is 0.681. The fourth-order valence-corrected chi connectivity index (χ4v) is 2.21. The van der Waals surface area contributed by atoms with Gasteiger partial charge in [0.25, 0.3) is 10.1 Å². The summed E-state index contributed by atoms with van der Waals surface area (Å²) in [7, 11) is -4.24. The Morgan fingerprint density at radius 3 is 2.39 bits per heavy atom. The fourth-order valence-electron chi connectivity index (χ4n) is 1.69. The van der Waals surface area contributed by atoms with Crippen LogP contribution in [0.1, 0.15) is 10.4 Å². The zero-order valence-corrected chi connectivity index (χ0v) is 10.1. The highest BCUT2D eigenvalue weighted by Crippen LogP contribution is 2.24. The van der Waals surface area contributed by atoms with E-state index in [1.165, 1.54) is 18.2 Å². The Morgan fingerprint density at radius 2 is 1.72 bits per heavy atom. The van der Waals surface area contributed by atoms with Crippen molar-refractivity contribution in [2.45, 2.75) is 4.90 Å². The summed E-state index contributed by atoms with van der Waals surface area (Å²) in [5.74, 6) is 0. The molecule has 2 aromatic carbocycles. The summed E-state index contributed by atoms with van der Waals surface area (Å²) in [6.07, 6.45) is 0.704. The third-order valence-corrected chi connectivity index (χ3v) is 3.38. The van der Waals surface area contributed by atoms with Crippen molar-refractivity contribution in [3.63, 3.8) is 0 Å².